The van der Waals surface area contributed by atoms with Crippen LogP contribution in [0.3, 0.4) is 0 Å². The highest BCUT2D eigenvalue weighted by atomic mass is 19.4. The Balaban J connectivity index is 1.30. The number of rotatable bonds is 14. The third kappa shape index (κ3) is 9.92. The normalized spacial score (nSPS) is 14.3. The lowest BCUT2D eigenvalue weighted by molar-refractivity contribution is -0.189. The van der Waals surface area contributed by atoms with Crippen LogP contribution in [0.15, 0.2) is 59.4 Å². The predicted molar refractivity (Wildman–Crippen MR) is 162 cm³/mol. The van der Waals surface area contributed by atoms with E-state index in [0.717, 1.165) is 37.7 Å². The Bertz CT molecular complexity index is 1420. The summed E-state index contributed by atoms with van der Waals surface area (Å²) in [6, 6.07) is 15.9. The number of fused-ring (bicyclic) bond motifs is 1. The van der Waals surface area contributed by atoms with E-state index < -0.39 is 17.7 Å². The van der Waals surface area contributed by atoms with Crippen molar-refractivity contribution < 1.29 is 32.2 Å². The SMILES string of the molecule is O=C(CCOCCc1ccccc1)N(CCNCCc1ccc(OC(=O)C(F)(F)F)c2[nH]c(=O)ccc12)C1CCCCCC1. The minimum absolute atomic E-state index is 0.0312. The molecule has 0 aliphatic heterocycles. The van der Waals surface area contributed by atoms with Crippen molar-refractivity contribution in [1.29, 1.82) is 0 Å². The maximum Gasteiger partial charge on any atom is 0.491 e. The van der Waals surface area contributed by atoms with Crippen molar-refractivity contribution in [3.05, 3.63) is 76.1 Å². The number of hydrogen-bond acceptors (Lipinski definition) is 6. The number of esters is 1. The minimum atomic E-state index is -5.16. The van der Waals surface area contributed by atoms with Crippen molar-refractivity contribution in [3.8, 4) is 5.75 Å². The third-order valence-corrected chi connectivity index (χ3v) is 7.91. The number of ether oxygens (including phenoxy) is 2. The quantitative estimate of drug-likeness (QED) is 0.110. The number of alkyl halides is 3. The smallest absolute Gasteiger partial charge is 0.418 e. The molecule has 2 N–H and O–H groups in total. The average molecular weight is 616 g/mol. The van der Waals surface area contributed by atoms with Crippen LogP contribution in [0.2, 0.25) is 0 Å². The van der Waals surface area contributed by atoms with Gasteiger partial charge in [-0.05, 0) is 55.5 Å². The van der Waals surface area contributed by atoms with Crippen LogP contribution in [0, 0.1) is 0 Å². The Morgan fingerprint density at radius 3 is 2.39 bits per heavy atom. The standard InChI is InChI=1S/C33H40F3N3O5/c34-33(35,36)32(42)44-28-14-12-25(27-13-15-29(40)38-31(27)28)16-19-37-20-21-39(26-10-6-1-2-7-11-26)30(41)18-23-43-22-17-24-8-4-3-5-9-24/h3-5,8-9,12-15,26,37H,1-2,6-7,10-11,16-23H2,(H,38,40). The molecule has 4 rings (SSSR count). The Labute approximate surface area is 254 Å². The van der Waals surface area contributed by atoms with Crippen LogP contribution in [-0.2, 0) is 27.2 Å². The van der Waals surface area contributed by atoms with Crippen LogP contribution in [0.5, 0.6) is 5.75 Å². The summed E-state index contributed by atoms with van der Waals surface area (Å²) in [6.07, 6.45) is 3.07. The Morgan fingerprint density at radius 1 is 0.909 bits per heavy atom. The summed E-state index contributed by atoms with van der Waals surface area (Å²) in [6.45, 7) is 2.62. The van der Waals surface area contributed by atoms with Gasteiger partial charge >= 0.3 is 12.1 Å². The van der Waals surface area contributed by atoms with Crippen LogP contribution in [0.4, 0.5) is 13.2 Å². The first kappa shape index (κ1) is 33.2. The van der Waals surface area contributed by atoms with Gasteiger partial charge in [0.1, 0.15) is 0 Å². The fourth-order valence-corrected chi connectivity index (χ4v) is 5.61. The van der Waals surface area contributed by atoms with E-state index in [1.165, 1.54) is 36.6 Å². The summed E-state index contributed by atoms with van der Waals surface area (Å²) in [5.41, 5.74) is 1.47. The molecule has 1 aliphatic carbocycles. The largest absolute Gasteiger partial charge is 0.491 e. The van der Waals surface area contributed by atoms with Crippen LogP contribution in [0.25, 0.3) is 10.9 Å². The molecule has 0 bridgehead atoms. The summed E-state index contributed by atoms with van der Waals surface area (Å²) < 4.78 is 48.5. The van der Waals surface area contributed by atoms with Crippen LogP contribution < -0.4 is 15.6 Å². The number of aromatic amines is 1. The second-order valence-electron chi connectivity index (χ2n) is 11.1. The molecule has 8 nitrogen and oxygen atoms in total. The lowest BCUT2D eigenvalue weighted by atomic mass is 10.0. The van der Waals surface area contributed by atoms with Crippen LogP contribution in [0.1, 0.15) is 56.1 Å². The molecule has 0 saturated heterocycles. The van der Waals surface area contributed by atoms with E-state index in [4.69, 9.17) is 4.74 Å². The van der Waals surface area contributed by atoms with Gasteiger partial charge in [0.05, 0.1) is 25.2 Å². The summed E-state index contributed by atoms with van der Waals surface area (Å²) in [5, 5.41) is 3.87. The number of H-pyrrole nitrogens is 1. The first-order chi connectivity index (χ1) is 21.2. The monoisotopic (exact) mass is 615 g/mol. The molecule has 11 heteroatoms. The molecule has 3 aromatic rings. The molecule has 0 atom stereocenters. The number of amides is 1. The Morgan fingerprint density at radius 2 is 1.66 bits per heavy atom. The summed E-state index contributed by atoms with van der Waals surface area (Å²) >= 11 is 0. The van der Waals surface area contributed by atoms with E-state index in [-0.39, 0.29) is 23.2 Å². The fraction of sp³-hybridized carbons (Fsp3) is 0.485. The number of aromatic nitrogens is 1. The second kappa shape index (κ2) is 16.4. The van der Waals surface area contributed by atoms with E-state index >= 15 is 0 Å². The zero-order valence-corrected chi connectivity index (χ0v) is 24.8. The molecule has 238 valence electrons. The number of pyridine rings is 1. The number of carbonyl (C=O) groups excluding carboxylic acids is 2. The molecule has 2 aromatic carbocycles. The summed E-state index contributed by atoms with van der Waals surface area (Å²) in [5.74, 6) is -2.62. The van der Waals surface area contributed by atoms with Gasteiger partial charge in [0, 0.05) is 30.6 Å². The van der Waals surface area contributed by atoms with Crippen molar-refractivity contribution in [2.75, 3.05) is 32.8 Å². The number of nitrogens with one attached hydrogen (secondary N) is 2. The van der Waals surface area contributed by atoms with Gasteiger partial charge in [-0.2, -0.15) is 13.2 Å². The molecule has 1 aliphatic rings. The third-order valence-electron chi connectivity index (χ3n) is 7.91. The molecule has 0 unspecified atom stereocenters. The van der Waals surface area contributed by atoms with Gasteiger partial charge in [0.25, 0.3) is 0 Å². The molecule has 1 amide bonds. The van der Waals surface area contributed by atoms with E-state index in [2.05, 4.69) is 27.2 Å². The van der Waals surface area contributed by atoms with Gasteiger partial charge in [0.2, 0.25) is 11.5 Å². The maximum atomic E-state index is 13.3. The van der Waals surface area contributed by atoms with Crippen LogP contribution in [-0.4, -0.2) is 66.8 Å². The topological polar surface area (TPSA) is 101 Å². The lowest BCUT2D eigenvalue weighted by Crippen LogP contribution is -2.44. The van der Waals surface area contributed by atoms with Crippen molar-refractivity contribution >= 4 is 22.8 Å². The number of benzene rings is 2. The molecular formula is C33H40F3N3O5. The molecule has 1 saturated carbocycles. The number of carbonyl (C=O) groups is 2. The van der Waals surface area contributed by atoms with E-state index in [0.29, 0.717) is 51.1 Å². The Kier molecular flexibility index (Phi) is 12.4. The number of nitrogens with zero attached hydrogens (tertiary/aromatic N) is 1. The van der Waals surface area contributed by atoms with Gasteiger partial charge in [-0.3, -0.25) is 9.59 Å². The van der Waals surface area contributed by atoms with E-state index in [1.807, 2.05) is 23.1 Å². The van der Waals surface area contributed by atoms with Gasteiger partial charge < -0.3 is 24.7 Å². The molecule has 1 fully saturated rings. The molecule has 0 spiro atoms. The lowest BCUT2D eigenvalue weighted by Gasteiger charge is -2.31. The average Bonchev–Trinajstić information content (AvgIpc) is 3.29. The maximum absolute atomic E-state index is 13.3. The number of halogens is 3. The molecule has 1 heterocycles. The first-order valence-electron chi connectivity index (χ1n) is 15.3. The molecule has 1 aromatic heterocycles. The fourth-order valence-electron chi connectivity index (χ4n) is 5.61. The van der Waals surface area contributed by atoms with Gasteiger partial charge in [-0.1, -0.05) is 62.1 Å². The molecular weight excluding hydrogens is 575 g/mol. The van der Waals surface area contributed by atoms with E-state index in [9.17, 15) is 27.6 Å². The van der Waals surface area contributed by atoms with Gasteiger partial charge in [0.15, 0.2) is 5.75 Å². The Hall–Kier alpha value is -3.70. The van der Waals surface area contributed by atoms with Crippen molar-refractivity contribution in [2.45, 2.75) is 70.0 Å². The first-order valence-corrected chi connectivity index (χ1v) is 15.3. The van der Waals surface area contributed by atoms with Crippen molar-refractivity contribution in [3.63, 3.8) is 0 Å². The highest BCUT2D eigenvalue weighted by Crippen LogP contribution is 2.29. The summed E-state index contributed by atoms with van der Waals surface area (Å²) in [7, 11) is 0. The molecule has 44 heavy (non-hydrogen) atoms. The summed E-state index contributed by atoms with van der Waals surface area (Å²) in [4.78, 5) is 41.1. The van der Waals surface area contributed by atoms with Crippen molar-refractivity contribution in [1.82, 2.24) is 15.2 Å². The highest BCUT2D eigenvalue weighted by molar-refractivity contribution is 5.90. The van der Waals surface area contributed by atoms with Crippen LogP contribution >= 0.6 is 0 Å². The zero-order valence-electron chi connectivity index (χ0n) is 24.8. The number of hydrogen-bond donors (Lipinski definition) is 2. The highest BCUT2D eigenvalue weighted by Gasteiger charge is 2.41. The van der Waals surface area contributed by atoms with Gasteiger partial charge in [-0.25, -0.2) is 4.79 Å². The predicted octanol–water partition coefficient (Wildman–Crippen LogP) is 5.33. The van der Waals surface area contributed by atoms with E-state index in [1.54, 1.807) is 6.07 Å². The van der Waals surface area contributed by atoms with Crippen molar-refractivity contribution in [2.24, 2.45) is 0 Å². The van der Waals surface area contributed by atoms with Gasteiger partial charge in [-0.15, -0.1) is 0 Å². The molecule has 0 radical (unpaired) electrons. The second-order valence-corrected chi connectivity index (χ2v) is 11.1. The minimum Gasteiger partial charge on any atom is -0.418 e. The zero-order chi connectivity index (χ0) is 31.4.